The van der Waals surface area contributed by atoms with Crippen molar-refractivity contribution in [3.63, 3.8) is 0 Å². The minimum Gasteiger partial charge on any atom is -0.490 e. The third-order valence-electron chi connectivity index (χ3n) is 11.8. The number of anilines is 2. The average Bonchev–Trinajstić information content (AvgIpc) is 3.63. The normalized spacial score (nSPS) is 21.5. The lowest BCUT2D eigenvalue weighted by atomic mass is 9.92. The molecule has 13 nitrogen and oxygen atoms in total. The van der Waals surface area contributed by atoms with Crippen LogP contribution in [0.1, 0.15) is 79.9 Å². The molecule has 0 bridgehead atoms. The molecule has 0 radical (unpaired) electrons. The molecule has 15 heteroatoms. The second-order valence-corrected chi connectivity index (χ2v) is 16.2. The van der Waals surface area contributed by atoms with Crippen molar-refractivity contribution >= 4 is 63.5 Å². The number of hydrogen-bond acceptors (Lipinski definition) is 9. The molecule has 2 aromatic carbocycles. The van der Waals surface area contributed by atoms with E-state index in [1.807, 2.05) is 18.2 Å². The molecule has 3 saturated heterocycles. The van der Waals surface area contributed by atoms with Gasteiger partial charge in [0, 0.05) is 80.4 Å². The van der Waals surface area contributed by atoms with Gasteiger partial charge in [0.2, 0.25) is 5.91 Å². The van der Waals surface area contributed by atoms with Gasteiger partial charge in [-0.2, -0.15) is 5.26 Å². The molecule has 2 aromatic heterocycles. The van der Waals surface area contributed by atoms with Crippen molar-refractivity contribution < 1.29 is 19.1 Å². The Morgan fingerprint density at radius 2 is 1.70 bits per heavy atom. The zero-order chi connectivity index (χ0) is 38.8. The van der Waals surface area contributed by atoms with Gasteiger partial charge in [0.25, 0.3) is 5.91 Å². The number of nitrogens with zero attached hydrogens (tertiary/aromatic N) is 7. The van der Waals surface area contributed by atoms with Crippen LogP contribution >= 0.6 is 23.2 Å². The van der Waals surface area contributed by atoms with E-state index in [9.17, 15) is 14.4 Å². The van der Waals surface area contributed by atoms with Crippen LogP contribution in [-0.2, 0) is 4.79 Å². The van der Waals surface area contributed by atoms with Crippen molar-refractivity contribution in [2.45, 2.75) is 76.0 Å². The van der Waals surface area contributed by atoms with E-state index in [-0.39, 0.29) is 30.4 Å². The lowest BCUT2D eigenvalue weighted by Crippen LogP contribution is -2.49. The number of halogens is 2. The molecule has 4 fully saturated rings. The number of piperidine rings is 2. The van der Waals surface area contributed by atoms with Gasteiger partial charge in [-0.25, -0.2) is 4.79 Å². The SMILES string of the molecule is N#Cc1ccc(OC2CCC(NC(=O)c3ccc(N4CCC(CN5CCC(n6ccc7c(N8CCC(=O)NC8=O)cc(Cl)cc76)CC5)CC4)nn3)CC2)cc1Cl. The second-order valence-electron chi connectivity index (χ2n) is 15.4. The Kier molecular flexibility index (Phi) is 11.3. The molecule has 5 heterocycles. The van der Waals surface area contributed by atoms with Crippen molar-refractivity contribution in [2.75, 3.05) is 49.1 Å². The van der Waals surface area contributed by atoms with Crippen LogP contribution in [0.15, 0.2) is 54.7 Å². The number of hydrogen-bond donors (Lipinski definition) is 2. The Morgan fingerprint density at radius 1 is 0.911 bits per heavy atom. The van der Waals surface area contributed by atoms with Crippen LogP contribution in [-0.4, -0.2) is 88.9 Å². The molecule has 0 spiro atoms. The highest BCUT2D eigenvalue weighted by molar-refractivity contribution is 6.32. The van der Waals surface area contributed by atoms with Crippen LogP contribution in [0.3, 0.4) is 0 Å². The Hall–Kier alpha value is -4.90. The van der Waals surface area contributed by atoms with Crippen LogP contribution in [0.4, 0.5) is 16.3 Å². The minimum absolute atomic E-state index is 0.0309. The Balaban J connectivity index is 0.768. The third kappa shape index (κ3) is 8.43. The monoisotopic (exact) mass is 797 g/mol. The fourth-order valence-electron chi connectivity index (χ4n) is 8.69. The number of amides is 4. The molecular formula is C41H45Cl2N9O4. The Labute approximate surface area is 335 Å². The van der Waals surface area contributed by atoms with Crippen molar-refractivity contribution in [1.29, 1.82) is 5.26 Å². The maximum absolute atomic E-state index is 13.0. The summed E-state index contributed by atoms with van der Waals surface area (Å²) in [7, 11) is 0. The first-order valence-corrected chi connectivity index (χ1v) is 20.4. The van der Waals surface area contributed by atoms with Crippen molar-refractivity contribution in [2.24, 2.45) is 5.92 Å². The van der Waals surface area contributed by atoms with Gasteiger partial charge in [0.05, 0.1) is 27.9 Å². The fraction of sp³-hybridized carbons (Fsp3) is 0.463. The summed E-state index contributed by atoms with van der Waals surface area (Å²) in [5, 5.41) is 25.3. The highest BCUT2D eigenvalue weighted by Gasteiger charge is 2.30. The minimum atomic E-state index is -0.408. The van der Waals surface area contributed by atoms with E-state index >= 15 is 0 Å². The summed E-state index contributed by atoms with van der Waals surface area (Å²) in [6.07, 6.45) is 9.82. The summed E-state index contributed by atoms with van der Waals surface area (Å²) >= 11 is 12.7. The van der Waals surface area contributed by atoms with Crippen molar-refractivity contribution in [3.8, 4) is 11.8 Å². The van der Waals surface area contributed by atoms with Gasteiger partial charge in [-0.1, -0.05) is 23.2 Å². The topological polar surface area (TPSA) is 149 Å². The molecule has 8 rings (SSSR count). The van der Waals surface area contributed by atoms with E-state index in [1.54, 1.807) is 29.2 Å². The predicted molar refractivity (Wildman–Crippen MR) is 214 cm³/mol. The molecule has 1 saturated carbocycles. The summed E-state index contributed by atoms with van der Waals surface area (Å²) in [6, 6.07) is 16.7. The van der Waals surface area contributed by atoms with Crippen LogP contribution in [0.25, 0.3) is 10.9 Å². The predicted octanol–water partition coefficient (Wildman–Crippen LogP) is 6.73. The van der Waals surface area contributed by atoms with Crippen molar-refractivity contribution in [1.82, 2.24) is 30.3 Å². The van der Waals surface area contributed by atoms with Gasteiger partial charge >= 0.3 is 6.03 Å². The number of aromatic nitrogens is 3. The van der Waals surface area contributed by atoms with Crippen LogP contribution in [0.5, 0.6) is 5.75 Å². The van der Waals surface area contributed by atoms with E-state index in [1.165, 1.54) is 0 Å². The summed E-state index contributed by atoms with van der Waals surface area (Å²) in [4.78, 5) is 43.8. The largest absolute Gasteiger partial charge is 0.490 e. The van der Waals surface area contributed by atoms with Crippen LogP contribution in [0.2, 0.25) is 10.0 Å². The number of carbonyl (C=O) groups is 3. The number of ether oxygens (including phenoxy) is 1. The molecule has 4 amide bonds. The number of nitrogens with one attached hydrogen (secondary N) is 2. The van der Waals surface area contributed by atoms with Gasteiger partial charge in [-0.3, -0.25) is 19.8 Å². The molecule has 0 atom stereocenters. The van der Waals surface area contributed by atoms with Crippen LogP contribution < -0.4 is 25.2 Å². The number of imide groups is 1. The maximum Gasteiger partial charge on any atom is 0.328 e. The standard InChI is InChI=1S/C41H45Cl2N9O4/c42-28-21-36-33(37(22-28)52-20-14-39(53)46-41(52)55)13-19-51(36)30-11-15-49(16-12-30)25-26-9-17-50(18-10-26)38-8-7-35(47-48-38)40(54)45-29-2-5-31(6-3-29)56-32-4-1-27(24-44)34(43)23-32/h1,4,7-8,13,19,21-23,26,29-31H,2-3,5-6,9-12,14-18,20,25H2,(H,45,54)(H,46,53,55). The van der Waals surface area contributed by atoms with E-state index in [0.717, 1.165) is 106 Å². The quantitative estimate of drug-likeness (QED) is 0.188. The first-order valence-electron chi connectivity index (χ1n) is 19.6. The number of rotatable bonds is 9. The maximum atomic E-state index is 13.0. The number of nitriles is 1. The number of urea groups is 1. The van der Waals surface area contributed by atoms with Gasteiger partial charge in [0.15, 0.2) is 11.5 Å². The lowest BCUT2D eigenvalue weighted by Gasteiger charge is -2.38. The van der Waals surface area contributed by atoms with E-state index < -0.39 is 6.03 Å². The average molecular weight is 799 g/mol. The first-order chi connectivity index (χ1) is 27.2. The Bertz CT molecular complexity index is 2130. The lowest BCUT2D eigenvalue weighted by molar-refractivity contribution is -0.120. The van der Waals surface area contributed by atoms with Crippen LogP contribution in [0, 0.1) is 17.2 Å². The molecule has 1 aliphatic carbocycles. The summed E-state index contributed by atoms with van der Waals surface area (Å²) in [5.74, 6) is 1.60. The molecule has 0 unspecified atom stereocenters. The molecule has 3 aliphatic heterocycles. The summed E-state index contributed by atoms with van der Waals surface area (Å²) in [6.45, 7) is 5.27. The number of carbonyl (C=O) groups excluding carboxylic acids is 3. The van der Waals surface area contributed by atoms with Gasteiger partial charge in [-0.15, -0.1) is 10.2 Å². The third-order valence-corrected chi connectivity index (χ3v) is 12.3. The summed E-state index contributed by atoms with van der Waals surface area (Å²) in [5.41, 5.74) is 2.49. The smallest absolute Gasteiger partial charge is 0.328 e. The Morgan fingerprint density at radius 3 is 2.39 bits per heavy atom. The van der Waals surface area contributed by atoms with E-state index in [0.29, 0.717) is 45.6 Å². The highest BCUT2D eigenvalue weighted by Crippen LogP contribution is 2.37. The van der Waals surface area contributed by atoms with Gasteiger partial charge in [-0.05, 0) is 99.7 Å². The molecular weight excluding hydrogens is 753 g/mol. The fourth-order valence-corrected chi connectivity index (χ4v) is 9.11. The van der Waals surface area contributed by atoms with Gasteiger partial charge < -0.3 is 24.4 Å². The zero-order valence-electron chi connectivity index (χ0n) is 31.1. The molecule has 292 valence electrons. The number of benzene rings is 2. The summed E-state index contributed by atoms with van der Waals surface area (Å²) < 4.78 is 8.39. The first kappa shape index (κ1) is 38.0. The van der Waals surface area contributed by atoms with E-state index in [4.69, 9.17) is 33.2 Å². The number of fused-ring (bicyclic) bond motifs is 1. The zero-order valence-corrected chi connectivity index (χ0v) is 32.6. The molecule has 4 aromatic rings. The highest BCUT2D eigenvalue weighted by atomic mass is 35.5. The molecule has 4 aliphatic rings. The molecule has 56 heavy (non-hydrogen) atoms. The second kappa shape index (κ2) is 16.7. The van der Waals surface area contributed by atoms with E-state index in [2.05, 4.69) is 53.5 Å². The molecule has 2 N–H and O–H groups in total. The number of likely N-dealkylation sites (tertiary alicyclic amines) is 1. The van der Waals surface area contributed by atoms with Crippen molar-refractivity contribution in [3.05, 3.63) is 76.0 Å². The van der Waals surface area contributed by atoms with Gasteiger partial charge in [0.1, 0.15) is 11.8 Å².